The van der Waals surface area contributed by atoms with Gasteiger partial charge in [0.05, 0.1) is 0 Å². The molecule has 4 heteroatoms. The van der Waals surface area contributed by atoms with Crippen LogP contribution >= 0.6 is 11.3 Å². The van der Waals surface area contributed by atoms with Crippen LogP contribution in [0.15, 0.2) is 6.20 Å². The van der Waals surface area contributed by atoms with E-state index in [-0.39, 0.29) is 5.54 Å². The van der Waals surface area contributed by atoms with Crippen LogP contribution in [0.2, 0.25) is 0 Å². The van der Waals surface area contributed by atoms with E-state index < -0.39 is 0 Å². The van der Waals surface area contributed by atoms with E-state index in [1.54, 1.807) is 11.3 Å². The van der Waals surface area contributed by atoms with Gasteiger partial charge in [0.2, 0.25) is 0 Å². The summed E-state index contributed by atoms with van der Waals surface area (Å²) in [7, 11) is 0. The van der Waals surface area contributed by atoms with E-state index in [1.807, 2.05) is 6.20 Å². The lowest BCUT2D eigenvalue weighted by atomic mass is 9.77. The molecule has 2 atom stereocenters. The van der Waals surface area contributed by atoms with Crippen molar-refractivity contribution in [1.82, 2.24) is 10.3 Å². The van der Waals surface area contributed by atoms with Crippen molar-refractivity contribution in [2.75, 3.05) is 6.54 Å². The van der Waals surface area contributed by atoms with Crippen LogP contribution in [-0.4, -0.2) is 17.1 Å². The Kier molecular flexibility index (Phi) is 4.76. The maximum absolute atomic E-state index is 6.47. The van der Waals surface area contributed by atoms with Crippen LogP contribution < -0.4 is 11.1 Å². The third-order valence-electron chi connectivity index (χ3n) is 3.83. The second-order valence-electron chi connectivity index (χ2n) is 5.74. The summed E-state index contributed by atoms with van der Waals surface area (Å²) in [5.41, 5.74) is 6.47. The number of nitrogens with zero attached hydrogens (tertiary/aromatic N) is 1. The van der Waals surface area contributed by atoms with Gasteiger partial charge in [0.1, 0.15) is 5.01 Å². The lowest BCUT2D eigenvalue weighted by Crippen LogP contribution is -2.51. The number of thiazole rings is 1. The molecule has 18 heavy (non-hydrogen) atoms. The number of aromatic nitrogens is 1. The van der Waals surface area contributed by atoms with Gasteiger partial charge in [-0.3, -0.25) is 0 Å². The molecule has 1 aromatic heterocycles. The van der Waals surface area contributed by atoms with Crippen LogP contribution in [0.1, 0.15) is 49.4 Å². The summed E-state index contributed by atoms with van der Waals surface area (Å²) in [5.74, 6) is 0.775. The molecule has 1 aliphatic rings. The first-order chi connectivity index (χ1) is 8.61. The highest BCUT2D eigenvalue weighted by molar-refractivity contribution is 7.11. The van der Waals surface area contributed by atoms with E-state index >= 15 is 0 Å². The Morgan fingerprint density at radius 2 is 2.44 bits per heavy atom. The highest BCUT2D eigenvalue weighted by Crippen LogP contribution is 2.29. The van der Waals surface area contributed by atoms with E-state index in [4.69, 9.17) is 5.73 Å². The molecule has 1 fully saturated rings. The Labute approximate surface area is 114 Å². The molecular formula is C14H25N3S. The Hall–Kier alpha value is -0.450. The van der Waals surface area contributed by atoms with Crippen molar-refractivity contribution in [2.24, 2.45) is 11.7 Å². The number of hydrogen-bond acceptors (Lipinski definition) is 4. The van der Waals surface area contributed by atoms with Crippen molar-refractivity contribution in [3.05, 3.63) is 16.1 Å². The van der Waals surface area contributed by atoms with Gasteiger partial charge < -0.3 is 11.1 Å². The van der Waals surface area contributed by atoms with Crippen LogP contribution in [0.4, 0.5) is 0 Å². The molecule has 0 amide bonds. The molecule has 2 unspecified atom stereocenters. The number of nitrogens with two attached hydrogens (primary N) is 1. The standard InChI is InChI=1S/C14H25N3S/c1-3-12-8-17-13(18-12)9-16-10-14(15)6-4-5-11(2)7-14/h8,11,16H,3-7,9-10,15H2,1-2H3. The largest absolute Gasteiger partial charge is 0.324 e. The van der Waals surface area contributed by atoms with Crippen LogP contribution in [0.5, 0.6) is 0 Å². The van der Waals surface area contributed by atoms with E-state index in [0.717, 1.165) is 38.3 Å². The second kappa shape index (κ2) is 6.13. The predicted octanol–water partition coefficient (Wildman–Crippen LogP) is 2.70. The van der Waals surface area contributed by atoms with E-state index in [1.165, 1.54) is 22.7 Å². The molecule has 102 valence electrons. The molecule has 3 N–H and O–H groups in total. The molecule has 0 aliphatic heterocycles. The highest BCUT2D eigenvalue weighted by Gasteiger charge is 2.30. The average molecular weight is 267 g/mol. The Morgan fingerprint density at radius 3 is 3.11 bits per heavy atom. The van der Waals surface area contributed by atoms with E-state index in [9.17, 15) is 0 Å². The van der Waals surface area contributed by atoms with Crippen molar-refractivity contribution in [3.63, 3.8) is 0 Å². The Morgan fingerprint density at radius 1 is 1.61 bits per heavy atom. The fourth-order valence-corrected chi connectivity index (χ4v) is 3.70. The van der Waals surface area contributed by atoms with Gasteiger partial charge >= 0.3 is 0 Å². The normalized spacial score (nSPS) is 28.5. The van der Waals surface area contributed by atoms with Gasteiger partial charge in [-0.2, -0.15) is 0 Å². The van der Waals surface area contributed by atoms with Gasteiger partial charge in [-0.1, -0.05) is 26.7 Å². The smallest absolute Gasteiger partial charge is 0.107 e. The van der Waals surface area contributed by atoms with Crippen molar-refractivity contribution in [3.8, 4) is 0 Å². The molecule has 0 spiro atoms. The molecular weight excluding hydrogens is 242 g/mol. The molecule has 0 bridgehead atoms. The number of aryl methyl sites for hydroxylation is 1. The minimum atomic E-state index is 0.00249. The third kappa shape index (κ3) is 3.77. The maximum Gasteiger partial charge on any atom is 0.107 e. The molecule has 2 rings (SSSR count). The summed E-state index contributed by atoms with van der Waals surface area (Å²) < 4.78 is 0. The van der Waals surface area contributed by atoms with Gasteiger partial charge in [-0.05, 0) is 25.2 Å². The fraction of sp³-hybridized carbons (Fsp3) is 0.786. The summed E-state index contributed by atoms with van der Waals surface area (Å²) in [6.07, 6.45) is 7.99. The van der Waals surface area contributed by atoms with Gasteiger partial charge in [0, 0.05) is 29.7 Å². The van der Waals surface area contributed by atoms with Crippen molar-refractivity contribution in [2.45, 2.75) is 58.0 Å². The SMILES string of the molecule is CCc1cnc(CNCC2(N)CCCC(C)C2)s1. The summed E-state index contributed by atoms with van der Waals surface area (Å²) in [6.45, 7) is 6.26. The first kappa shape index (κ1) is 14.0. The zero-order chi connectivity index (χ0) is 13.0. The summed E-state index contributed by atoms with van der Waals surface area (Å²) >= 11 is 1.80. The quantitative estimate of drug-likeness (QED) is 0.862. The van der Waals surface area contributed by atoms with Gasteiger partial charge in [0.25, 0.3) is 0 Å². The van der Waals surface area contributed by atoms with E-state index in [2.05, 4.69) is 24.1 Å². The van der Waals surface area contributed by atoms with Crippen LogP contribution in [-0.2, 0) is 13.0 Å². The molecule has 0 radical (unpaired) electrons. The molecule has 0 saturated heterocycles. The van der Waals surface area contributed by atoms with Crippen molar-refractivity contribution in [1.29, 1.82) is 0 Å². The topological polar surface area (TPSA) is 50.9 Å². The van der Waals surface area contributed by atoms with Crippen LogP contribution in [0, 0.1) is 5.92 Å². The number of hydrogen-bond donors (Lipinski definition) is 2. The molecule has 1 aliphatic carbocycles. The first-order valence-electron chi connectivity index (χ1n) is 7.04. The summed E-state index contributed by atoms with van der Waals surface area (Å²) in [6, 6.07) is 0. The zero-order valence-corrected chi connectivity index (χ0v) is 12.4. The van der Waals surface area contributed by atoms with E-state index in [0.29, 0.717) is 0 Å². The second-order valence-corrected chi connectivity index (χ2v) is 6.94. The Balaban J connectivity index is 1.77. The van der Waals surface area contributed by atoms with Crippen LogP contribution in [0.3, 0.4) is 0 Å². The summed E-state index contributed by atoms with van der Waals surface area (Å²) in [5, 5.41) is 4.67. The first-order valence-corrected chi connectivity index (χ1v) is 7.86. The van der Waals surface area contributed by atoms with Gasteiger partial charge in [-0.15, -0.1) is 11.3 Å². The molecule has 1 heterocycles. The monoisotopic (exact) mass is 267 g/mol. The lowest BCUT2D eigenvalue weighted by Gasteiger charge is -2.37. The van der Waals surface area contributed by atoms with Crippen molar-refractivity contribution >= 4 is 11.3 Å². The fourth-order valence-electron chi connectivity index (χ4n) is 2.87. The number of rotatable bonds is 5. The molecule has 0 aromatic carbocycles. The van der Waals surface area contributed by atoms with Crippen molar-refractivity contribution < 1.29 is 0 Å². The number of nitrogens with one attached hydrogen (secondary N) is 1. The minimum absolute atomic E-state index is 0.00249. The maximum atomic E-state index is 6.47. The molecule has 3 nitrogen and oxygen atoms in total. The van der Waals surface area contributed by atoms with Gasteiger partial charge in [-0.25, -0.2) is 4.98 Å². The highest BCUT2D eigenvalue weighted by atomic mass is 32.1. The Bertz CT molecular complexity index is 377. The molecule has 1 aromatic rings. The summed E-state index contributed by atoms with van der Waals surface area (Å²) in [4.78, 5) is 5.78. The van der Waals surface area contributed by atoms with Crippen LogP contribution in [0.25, 0.3) is 0 Å². The minimum Gasteiger partial charge on any atom is -0.324 e. The third-order valence-corrected chi connectivity index (χ3v) is 4.97. The lowest BCUT2D eigenvalue weighted by molar-refractivity contribution is 0.229. The zero-order valence-electron chi connectivity index (χ0n) is 11.5. The average Bonchev–Trinajstić information content (AvgIpc) is 2.76. The molecule has 1 saturated carbocycles. The van der Waals surface area contributed by atoms with Gasteiger partial charge in [0.15, 0.2) is 0 Å². The predicted molar refractivity (Wildman–Crippen MR) is 77.7 cm³/mol.